The van der Waals surface area contributed by atoms with Gasteiger partial charge in [-0.3, -0.25) is 0 Å². The van der Waals surface area contributed by atoms with Crippen molar-refractivity contribution in [3.63, 3.8) is 0 Å². The zero-order valence-electron chi connectivity index (χ0n) is 12.4. The third kappa shape index (κ3) is 2.01. The van der Waals surface area contributed by atoms with Gasteiger partial charge in [0, 0.05) is 24.4 Å². The van der Waals surface area contributed by atoms with Gasteiger partial charge in [0.2, 0.25) is 0 Å². The SMILES string of the molecule is CC(C)(C)OC(=O)N1CC2(C1)OC[C@@]1(CO)CNC[C@@H]21. The van der Waals surface area contributed by atoms with E-state index in [-0.39, 0.29) is 29.6 Å². The number of nitrogens with zero attached hydrogens (tertiary/aromatic N) is 1. The number of rotatable bonds is 1. The molecule has 3 saturated heterocycles. The van der Waals surface area contributed by atoms with E-state index in [0.717, 1.165) is 13.1 Å². The molecule has 2 N–H and O–H groups in total. The van der Waals surface area contributed by atoms with Crippen molar-refractivity contribution in [2.24, 2.45) is 11.3 Å². The van der Waals surface area contributed by atoms with Crippen LogP contribution in [0.3, 0.4) is 0 Å². The van der Waals surface area contributed by atoms with E-state index in [9.17, 15) is 9.90 Å². The summed E-state index contributed by atoms with van der Waals surface area (Å²) in [4.78, 5) is 13.7. The molecule has 3 aliphatic rings. The maximum absolute atomic E-state index is 12.0. The van der Waals surface area contributed by atoms with Crippen molar-refractivity contribution in [1.29, 1.82) is 0 Å². The number of aliphatic hydroxyl groups is 1. The number of fused-ring (bicyclic) bond motifs is 2. The summed E-state index contributed by atoms with van der Waals surface area (Å²) in [6, 6.07) is 0. The van der Waals surface area contributed by atoms with Crippen molar-refractivity contribution >= 4 is 6.09 Å². The molecule has 6 heteroatoms. The van der Waals surface area contributed by atoms with E-state index < -0.39 is 5.60 Å². The lowest BCUT2D eigenvalue weighted by molar-refractivity contribution is -0.127. The Morgan fingerprint density at radius 2 is 2.20 bits per heavy atom. The molecule has 0 bridgehead atoms. The van der Waals surface area contributed by atoms with E-state index in [1.807, 2.05) is 20.8 Å². The summed E-state index contributed by atoms with van der Waals surface area (Å²) in [6.45, 7) is 9.08. The summed E-state index contributed by atoms with van der Waals surface area (Å²) in [6.07, 6.45) is -0.279. The predicted octanol–water partition coefficient (Wildman–Crippen LogP) is 0.204. The first kappa shape index (κ1) is 14.1. The molecule has 1 amide bonds. The van der Waals surface area contributed by atoms with Crippen LogP contribution in [0.4, 0.5) is 4.79 Å². The van der Waals surface area contributed by atoms with Gasteiger partial charge in [-0.15, -0.1) is 0 Å². The quantitative estimate of drug-likeness (QED) is 0.720. The van der Waals surface area contributed by atoms with Gasteiger partial charge in [0.25, 0.3) is 0 Å². The number of hydrogen-bond donors (Lipinski definition) is 2. The number of likely N-dealkylation sites (tertiary alicyclic amines) is 1. The van der Waals surface area contributed by atoms with Crippen LogP contribution in [0.25, 0.3) is 0 Å². The molecule has 3 heterocycles. The molecule has 3 rings (SSSR count). The first-order valence-electron chi connectivity index (χ1n) is 7.24. The molecule has 6 nitrogen and oxygen atoms in total. The van der Waals surface area contributed by atoms with Gasteiger partial charge in [-0.25, -0.2) is 4.79 Å². The lowest BCUT2D eigenvalue weighted by atomic mass is 9.70. The number of ether oxygens (including phenoxy) is 2. The van der Waals surface area contributed by atoms with Crippen molar-refractivity contribution in [3.8, 4) is 0 Å². The molecule has 114 valence electrons. The van der Waals surface area contributed by atoms with Gasteiger partial charge in [-0.05, 0) is 20.8 Å². The first-order chi connectivity index (χ1) is 9.30. The number of carbonyl (C=O) groups excluding carboxylic acids is 1. The molecule has 1 spiro atoms. The zero-order chi connectivity index (χ0) is 14.6. The van der Waals surface area contributed by atoms with E-state index in [1.54, 1.807) is 4.90 Å². The Balaban J connectivity index is 1.64. The number of amides is 1. The van der Waals surface area contributed by atoms with E-state index in [1.165, 1.54) is 0 Å². The second-order valence-electron chi connectivity index (χ2n) is 7.39. The number of hydrogen-bond acceptors (Lipinski definition) is 5. The topological polar surface area (TPSA) is 71.0 Å². The van der Waals surface area contributed by atoms with Gasteiger partial charge >= 0.3 is 6.09 Å². The molecule has 0 radical (unpaired) electrons. The minimum atomic E-state index is -0.472. The summed E-state index contributed by atoms with van der Waals surface area (Å²) >= 11 is 0. The fourth-order valence-electron chi connectivity index (χ4n) is 3.67. The lowest BCUT2D eigenvalue weighted by Crippen LogP contribution is -2.67. The van der Waals surface area contributed by atoms with Crippen molar-refractivity contribution in [2.45, 2.75) is 32.0 Å². The molecule has 0 aromatic carbocycles. The van der Waals surface area contributed by atoms with E-state index in [0.29, 0.717) is 19.7 Å². The van der Waals surface area contributed by atoms with Crippen LogP contribution in [0.1, 0.15) is 20.8 Å². The minimum Gasteiger partial charge on any atom is -0.444 e. The van der Waals surface area contributed by atoms with Crippen LogP contribution in [0.2, 0.25) is 0 Å². The van der Waals surface area contributed by atoms with Crippen LogP contribution in [0.5, 0.6) is 0 Å². The van der Waals surface area contributed by atoms with E-state index in [2.05, 4.69) is 5.32 Å². The van der Waals surface area contributed by atoms with E-state index in [4.69, 9.17) is 9.47 Å². The van der Waals surface area contributed by atoms with Crippen LogP contribution < -0.4 is 5.32 Å². The van der Waals surface area contributed by atoms with Gasteiger partial charge < -0.3 is 24.8 Å². The highest BCUT2D eigenvalue weighted by molar-refractivity contribution is 5.69. The third-order valence-electron chi connectivity index (χ3n) is 4.73. The number of carbonyl (C=O) groups is 1. The Labute approximate surface area is 119 Å². The highest BCUT2D eigenvalue weighted by atomic mass is 16.6. The largest absolute Gasteiger partial charge is 0.444 e. The second kappa shape index (κ2) is 4.32. The van der Waals surface area contributed by atoms with Gasteiger partial charge in [-0.1, -0.05) is 0 Å². The Bertz CT molecular complexity index is 414. The average molecular weight is 284 g/mol. The highest BCUT2D eigenvalue weighted by Gasteiger charge is 2.65. The van der Waals surface area contributed by atoms with Gasteiger partial charge in [0.05, 0.1) is 26.3 Å². The van der Waals surface area contributed by atoms with Crippen LogP contribution >= 0.6 is 0 Å². The van der Waals surface area contributed by atoms with Gasteiger partial charge in [0.1, 0.15) is 11.2 Å². The first-order valence-corrected chi connectivity index (χ1v) is 7.24. The molecule has 0 saturated carbocycles. The Morgan fingerprint density at radius 1 is 1.50 bits per heavy atom. The zero-order valence-corrected chi connectivity index (χ0v) is 12.4. The fourth-order valence-corrected chi connectivity index (χ4v) is 3.67. The maximum atomic E-state index is 12.0. The van der Waals surface area contributed by atoms with Crippen LogP contribution in [-0.2, 0) is 9.47 Å². The smallest absolute Gasteiger partial charge is 0.410 e. The number of aliphatic hydroxyl groups excluding tert-OH is 1. The standard InChI is InChI=1S/C14H24N2O4/c1-12(2,3)20-11(18)16-6-14(7-16)10-4-15-5-13(10,8-17)9-19-14/h10,15,17H,4-9H2,1-3H3/t10-,13+/m1/s1. The Morgan fingerprint density at radius 3 is 2.80 bits per heavy atom. The number of nitrogens with one attached hydrogen (secondary N) is 1. The van der Waals surface area contributed by atoms with Gasteiger partial charge in [0.15, 0.2) is 0 Å². The molecule has 3 fully saturated rings. The summed E-state index contributed by atoms with van der Waals surface area (Å²) in [7, 11) is 0. The minimum absolute atomic E-state index is 0.138. The Hall–Kier alpha value is -0.850. The van der Waals surface area contributed by atoms with Crippen molar-refractivity contribution in [2.75, 3.05) is 39.4 Å². The molecule has 20 heavy (non-hydrogen) atoms. The molecular formula is C14H24N2O4. The maximum Gasteiger partial charge on any atom is 0.410 e. The monoisotopic (exact) mass is 284 g/mol. The Kier molecular flexibility index (Phi) is 3.05. The summed E-state index contributed by atoms with van der Waals surface area (Å²) in [5, 5.41) is 13.0. The molecular weight excluding hydrogens is 260 g/mol. The average Bonchev–Trinajstić information content (AvgIpc) is 2.80. The summed E-state index contributed by atoms with van der Waals surface area (Å²) < 4.78 is 11.4. The van der Waals surface area contributed by atoms with Crippen molar-refractivity contribution < 1.29 is 19.4 Å². The molecule has 0 aromatic rings. The molecule has 2 atom stereocenters. The van der Waals surface area contributed by atoms with Gasteiger partial charge in [-0.2, -0.15) is 0 Å². The molecule has 0 aliphatic carbocycles. The summed E-state index contributed by atoms with van der Waals surface area (Å²) in [5.41, 5.74) is -0.927. The summed E-state index contributed by atoms with van der Waals surface area (Å²) in [5.74, 6) is 0.277. The molecule has 0 unspecified atom stereocenters. The molecule has 3 aliphatic heterocycles. The molecule has 0 aromatic heterocycles. The third-order valence-corrected chi connectivity index (χ3v) is 4.73. The van der Waals surface area contributed by atoms with Crippen LogP contribution in [0, 0.1) is 11.3 Å². The predicted molar refractivity (Wildman–Crippen MR) is 72.4 cm³/mol. The lowest BCUT2D eigenvalue weighted by Gasteiger charge is -2.50. The second-order valence-corrected chi connectivity index (χ2v) is 7.39. The fraction of sp³-hybridized carbons (Fsp3) is 0.929. The highest BCUT2D eigenvalue weighted by Crippen LogP contribution is 2.51. The van der Waals surface area contributed by atoms with E-state index >= 15 is 0 Å². The van der Waals surface area contributed by atoms with Crippen LogP contribution in [-0.4, -0.2) is 66.7 Å². The van der Waals surface area contributed by atoms with Crippen molar-refractivity contribution in [3.05, 3.63) is 0 Å². The van der Waals surface area contributed by atoms with Crippen molar-refractivity contribution in [1.82, 2.24) is 10.2 Å². The van der Waals surface area contributed by atoms with Crippen LogP contribution in [0.15, 0.2) is 0 Å². The normalized spacial score (nSPS) is 35.0.